The summed E-state index contributed by atoms with van der Waals surface area (Å²) in [7, 11) is 0. The highest BCUT2D eigenvalue weighted by molar-refractivity contribution is 7.18. The van der Waals surface area contributed by atoms with E-state index >= 15 is 0 Å². The van der Waals surface area contributed by atoms with E-state index in [1.807, 2.05) is 24.3 Å². The fourth-order valence-corrected chi connectivity index (χ4v) is 5.13. The average Bonchev–Trinajstić information content (AvgIpc) is 3.26. The molecule has 0 bridgehead atoms. The fraction of sp³-hybridized carbons (Fsp3) is 0.238. The molecule has 0 N–H and O–H groups in total. The van der Waals surface area contributed by atoms with E-state index in [2.05, 4.69) is 10.1 Å². The molecule has 28 heavy (non-hydrogen) atoms. The van der Waals surface area contributed by atoms with Gasteiger partial charge in [0.1, 0.15) is 11.2 Å². The zero-order chi connectivity index (χ0) is 19.3. The van der Waals surface area contributed by atoms with Crippen LogP contribution in [0.4, 0.5) is 0 Å². The van der Waals surface area contributed by atoms with Crippen LogP contribution in [0.5, 0.6) is 0 Å². The standard InChI is InChI=1S/C21H18N4O2S/c1-13(26)24-11-14(15-6-2-4-8-17(15)24)10-23-25-12-22-20-19(21(25)27)16-7-3-5-9-18(16)28-20/h2,4,6,8,10-12H,3,5,7,9H2,1H3/b23-10-. The quantitative estimate of drug-likeness (QED) is 0.489. The topological polar surface area (TPSA) is 69.2 Å². The maximum absolute atomic E-state index is 13.0. The number of aromatic nitrogens is 3. The third kappa shape index (κ3) is 2.62. The predicted octanol–water partition coefficient (Wildman–Crippen LogP) is 3.83. The molecule has 0 amide bonds. The van der Waals surface area contributed by atoms with Crippen LogP contribution >= 0.6 is 11.3 Å². The molecular formula is C21H18N4O2S. The van der Waals surface area contributed by atoms with E-state index in [4.69, 9.17) is 0 Å². The van der Waals surface area contributed by atoms with Crippen LogP contribution in [0.2, 0.25) is 0 Å². The van der Waals surface area contributed by atoms with E-state index in [-0.39, 0.29) is 11.5 Å². The molecule has 3 aromatic heterocycles. The van der Waals surface area contributed by atoms with Crippen LogP contribution in [-0.4, -0.2) is 26.3 Å². The second-order valence-corrected chi connectivity index (χ2v) is 8.10. The van der Waals surface area contributed by atoms with Gasteiger partial charge in [0.05, 0.1) is 17.1 Å². The molecule has 7 heteroatoms. The van der Waals surface area contributed by atoms with Crippen molar-refractivity contribution in [1.29, 1.82) is 0 Å². The van der Waals surface area contributed by atoms with Gasteiger partial charge in [0.2, 0.25) is 5.91 Å². The number of hydrogen-bond acceptors (Lipinski definition) is 5. The number of rotatable bonds is 2. The minimum Gasteiger partial charge on any atom is -0.287 e. The van der Waals surface area contributed by atoms with Gasteiger partial charge in [0.25, 0.3) is 5.56 Å². The number of carbonyl (C=O) groups is 1. The molecule has 0 saturated heterocycles. The van der Waals surface area contributed by atoms with Crippen LogP contribution in [0.25, 0.3) is 21.1 Å². The van der Waals surface area contributed by atoms with E-state index in [9.17, 15) is 9.59 Å². The summed E-state index contributed by atoms with van der Waals surface area (Å²) in [6.45, 7) is 1.52. The number of nitrogens with zero attached hydrogens (tertiary/aromatic N) is 4. The maximum Gasteiger partial charge on any atom is 0.282 e. The van der Waals surface area contributed by atoms with Crippen LogP contribution in [-0.2, 0) is 12.8 Å². The van der Waals surface area contributed by atoms with Gasteiger partial charge in [0.15, 0.2) is 0 Å². The lowest BCUT2D eigenvalue weighted by Gasteiger charge is -2.09. The Morgan fingerprint density at radius 1 is 1.25 bits per heavy atom. The zero-order valence-corrected chi connectivity index (χ0v) is 16.2. The molecule has 0 atom stereocenters. The highest BCUT2D eigenvalue weighted by Gasteiger charge is 2.20. The number of hydrogen-bond donors (Lipinski definition) is 0. The first-order chi connectivity index (χ1) is 13.6. The molecule has 0 fully saturated rings. The summed E-state index contributed by atoms with van der Waals surface area (Å²) in [6, 6.07) is 7.65. The average molecular weight is 390 g/mol. The zero-order valence-electron chi connectivity index (χ0n) is 15.4. The van der Waals surface area contributed by atoms with Crippen LogP contribution < -0.4 is 5.56 Å². The number of benzene rings is 1. The lowest BCUT2D eigenvalue weighted by Crippen LogP contribution is -2.18. The third-order valence-electron chi connectivity index (χ3n) is 5.26. The highest BCUT2D eigenvalue weighted by Crippen LogP contribution is 2.33. The van der Waals surface area contributed by atoms with Gasteiger partial charge in [0, 0.05) is 28.9 Å². The van der Waals surface area contributed by atoms with Gasteiger partial charge < -0.3 is 0 Å². The van der Waals surface area contributed by atoms with Crippen molar-refractivity contribution in [2.45, 2.75) is 32.6 Å². The van der Waals surface area contributed by atoms with Crippen LogP contribution in [0.3, 0.4) is 0 Å². The summed E-state index contributed by atoms with van der Waals surface area (Å²) in [5, 5.41) is 6.00. The van der Waals surface area contributed by atoms with E-state index in [1.165, 1.54) is 29.2 Å². The van der Waals surface area contributed by atoms with Crippen LogP contribution in [0, 0.1) is 0 Å². The van der Waals surface area contributed by atoms with Crippen molar-refractivity contribution < 1.29 is 4.79 Å². The van der Waals surface area contributed by atoms with Crippen LogP contribution in [0.1, 0.15) is 40.6 Å². The minimum absolute atomic E-state index is 0.0685. The van der Waals surface area contributed by atoms with Crippen molar-refractivity contribution >= 4 is 44.6 Å². The summed E-state index contributed by atoms with van der Waals surface area (Å²) in [6.07, 6.45) is 9.10. The van der Waals surface area contributed by atoms with E-state index in [0.717, 1.165) is 46.1 Å². The highest BCUT2D eigenvalue weighted by atomic mass is 32.1. The third-order valence-corrected chi connectivity index (χ3v) is 6.46. The van der Waals surface area contributed by atoms with Gasteiger partial charge in [-0.05, 0) is 37.3 Å². The Balaban J connectivity index is 1.62. The Labute approximate surface area is 164 Å². The molecule has 0 spiro atoms. The predicted molar refractivity (Wildman–Crippen MR) is 112 cm³/mol. The largest absolute Gasteiger partial charge is 0.287 e. The number of thiophene rings is 1. The molecule has 0 aliphatic heterocycles. The number of para-hydroxylation sites is 1. The summed E-state index contributed by atoms with van der Waals surface area (Å²) >= 11 is 1.63. The second-order valence-electron chi connectivity index (χ2n) is 7.02. The van der Waals surface area contributed by atoms with Crippen molar-refractivity contribution in [1.82, 2.24) is 14.2 Å². The first kappa shape index (κ1) is 17.1. The lowest BCUT2D eigenvalue weighted by molar-refractivity contribution is 0.0941. The van der Waals surface area contributed by atoms with Gasteiger partial charge in [-0.1, -0.05) is 18.2 Å². The Morgan fingerprint density at radius 2 is 2.07 bits per heavy atom. The van der Waals surface area contributed by atoms with E-state index < -0.39 is 0 Å². The van der Waals surface area contributed by atoms with Crippen molar-refractivity contribution in [2.24, 2.45) is 5.10 Å². The molecule has 0 saturated carbocycles. The molecule has 3 heterocycles. The molecule has 6 nitrogen and oxygen atoms in total. The summed E-state index contributed by atoms with van der Waals surface area (Å²) < 4.78 is 2.89. The van der Waals surface area contributed by atoms with Gasteiger partial charge in [-0.3, -0.25) is 14.2 Å². The molecular weight excluding hydrogens is 372 g/mol. The number of fused-ring (bicyclic) bond motifs is 4. The van der Waals surface area contributed by atoms with Gasteiger partial charge >= 0.3 is 0 Å². The Kier molecular flexibility index (Phi) is 3.98. The van der Waals surface area contributed by atoms with Gasteiger partial charge in [-0.15, -0.1) is 11.3 Å². The number of aryl methyl sites for hydroxylation is 2. The van der Waals surface area contributed by atoms with Gasteiger partial charge in [-0.2, -0.15) is 9.78 Å². The van der Waals surface area contributed by atoms with Crippen molar-refractivity contribution in [3.05, 3.63) is 63.1 Å². The molecule has 0 unspecified atom stereocenters. The first-order valence-electron chi connectivity index (χ1n) is 9.31. The summed E-state index contributed by atoms with van der Waals surface area (Å²) in [5.41, 5.74) is 2.63. The van der Waals surface area contributed by atoms with E-state index in [1.54, 1.807) is 28.3 Å². The molecule has 1 aliphatic carbocycles. The van der Waals surface area contributed by atoms with Crippen molar-refractivity contribution in [3.63, 3.8) is 0 Å². The van der Waals surface area contributed by atoms with Crippen molar-refractivity contribution in [2.75, 3.05) is 0 Å². The maximum atomic E-state index is 13.0. The Bertz CT molecular complexity index is 1330. The Hall–Kier alpha value is -3.06. The molecule has 4 aromatic rings. The normalized spacial score (nSPS) is 14.2. The monoisotopic (exact) mass is 390 g/mol. The van der Waals surface area contributed by atoms with Crippen molar-refractivity contribution in [3.8, 4) is 0 Å². The summed E-state index contributed by atoms with van der Waals surface area (Å²) in [4.78, 5) is 31.5. The fourth-order valence-electron chi connectivity index (χ4n) is 3.91. The molecule has 5 rings (SSSR count). The number of carbonyl (C=O) groups excluding carboxylic acids is 1. The Morgan fingerprint density at radius 3 is 2.93 bits per heavy atom. The first-order valence-corrected chi connectivity index (χ1v) is 10.1. The van der Waals surface area contributed by atoms with Gasteiger partial charge in [-0.25, -0.2) is 4.98 Å². The SMILES string of the molecule is CC(=O)n1cc(/C=N\n2cnc3sc4c(c3c2=O)CCCC4)c2ccccc21. The lowest BCUT2D eigenvalue weighted by atomic mass is 9.97. The smallest absolute Gasteiger partial charge is 0.282 e. The molecule has 0 radical (unpaired) electrons. The minimum atomic E-state index is -0.129. The molecule has 1 aromatic carbocycles. The van der Waals surface area contributed by atoms with Crippen LogP contribution in [0.15, 0.2) is 46.7 Å². The molecule has 1 aliphatic rings. The second kappa shape index (κ2) is 6.53. The molecule has 140 valence electrons. The summed E-state index contributed by atoms with van der Waals surface area (Å²) in [5.74, 6) is -0.0685. The van der Waals surface area contributed by atoms with E-state index in [0.29, 0.717) is 5.39 Å².